The third-order valence-corrected chi connectivity index (χ3v) is 10.8. The van der Waals surface area contributed by atoms with Crippen molar-refractivity contribution in [3.8, 4) is 17.3 Å². The van der Waals surface area contributed by atoms with Crippen molar-refractivity contribution in [2.75, 3.05) is 26.7 Å². The summed E-state index contributed by atoms with van der Waals surface area (Å²) in [7, 11) is 1.65. The number of rotatable bonds is 8. The lowest BCUT2D eigenvalue weighted by Gasteiger charge is -2.39. The summed E-state index contributed by atoms with van der Waals surface area (Å²) < 4.78 is 10.6. The monoisotopic (exact) mass is 630 g/mol. The van der Waals surface area contributed by atoms with Crippen molar-refractivity contribution in [1.29, 1.82) is 0 Å². The Morgan fingerprint density at radius 2 is 1.70 bits per heavy atom. The summed E-state index contributed by atoms with van der Waals surface area (Å²) in [4.78, 5) is 45.0. The first-order chi connectivity index (χ1) is 23.0. The van der Waals surface area contributed by atoms with E-state index in [4.69, 9.17) is 20.4 Å². The molecule has 6 heterocycles. The molecule has 2 bridgehead atoms. The van der Waals surface area contributed by atoms with Crippen LogP contribution in [0.5, 0.6) is 5.75 Å². The molecule has 2 N–H and O–H groups in total. The van der Waals surface area contributed by atoms with E-state index < -0.39 is 0 Å². The van der Waals surface area contributed by atoms with Crippen LogP contribution in [0.3, 0.4) is 0 Å². The molecule has 2 saturated heterocycles. The molecule has 5 aromatic rings. The maximum atomic E-state index is 13.9. The van der Waals surface area contributed by atoms with Gasteiger partial charge in [0.25, 0.3) is 11.8 Å². The van der Waals surface area contributed by atoms with Crippen LogP contribution in [0.15, 0.2) is 61.1 Å². The minimum absolute atomic E-state index is 0.0137. The van der Waals surface area contributed by atoms with E-state index in [0.717, 1.165) is 53.0 Å². The molecule has 47 heavy (non-hydrogen) atoms. The van der Waals surface area contributed by atoms with Gasteiger partial charge < -0.3 is 29.4 Å². The van der Waals surface area contributed by atoms with E-state index in [0.29, 0.717) is 54.9 Å². The molecule has 11 heteroatoms. The summed E-state index contributed by atoms with van der Waals surface area (Å²) in [6, 6.07) is 13.7. The normalized spacial score (nSPS) is 22.4. The number of fused-ring (bicyclic) bond motifs is 4. The molecule has 1 aromatic carbocycles. The number of ether oxygens (including phenoxy) is 1. The van der Waals surface area contributed by atoms with Crippen LogP contribution in [-0.4, -0.2) is 84.5 Å². The minimum Gasteiger partial charge on any atom is -0.494 e. The van der Waals surface area contributed by atoms with E-state index in [1.807, 2.05) is 34.2 Å². The number of amides is 2. The molecule has 2 amide bonds. The Balaban J connectivity index is 1.13. The molecule has 4 fully saturated rings. The molecule has 0 unspecified atom stereocenters. The second-order valence-corrected chi connectivity index (χ2v) is 13.8. The number of imidazole rings is 1. The number of nitrogens with two attached hydrogens (primary N) is 1. The van der Waals surface area contributed by atoms with Crippen LogP contribution < -0.4 is 10.5 Å². The summed E-state index contributed by atoms with van der Waals surface area (Å²) >= 11 is 0. The third kappa shape index (κ3) is 4.70. The molecular weight excluding hydrogens is 592 g/mol. The van der Waals surface area contributed by atoms with E-state index in [9.17, 15) is 9.59 Å². The molecule has 11 nitrogen and oxygen atoms in total. The number of carbonyl (C=O) groups excluding carboxylic acids is 2. The minimum atomic E-state index is -0.0137. The van der Waals surface area contributed by atoms with Crippen LogP contribution in [0, 0.1) is 17.8 Å². The van der Waals surface area contributed by atoms with Crippen LogP contribution in [0.1, 0.15) is 46.4 Å². The number of hydrogen-bond acceptors (Lipinski definition) is 7. The van der Waals surface area contributed by atoms with Gasteiger partial charge in [-0.2, -0.15) is 0 Å². The highest BCUT2D eigenvalue weighted by Gasteiger charge is 2.47. The van der Waals surface area contributed by atoms with Crippen LogP contribution in [-0.2, 0) is 13.1 Å². The number of nitrogens with zero attached hydrogens (tertiary/aromatic N) is 7. The Morgan fingerprint density at radius 1 is 0.894 bits per heavy atom. The number of hydrogen-bond donors (Lipinski definition) is 1. The quantitative estimate of drug-likeness (QED) is 0.273. The highest BCUT2D eigenvalue weighted by atomic mass is 16.5. The third-order valence-electron chi connectivity index (χ3n) is 10.8. The number of aromatic nitrogens is 5. The fraction of sp³-hybridized carbons (Fsp3) is 0.417. The van der Waals surface area contributed by atoms with Crippen molar-refractivity contribution in [3.05, 3.63) is 72.2 Å². The van der Waals surface area contributed by atoms with Gasteiger partial charge in [-0.1, -0.05) is 0 Å². The van der Waals surface area contributed by atoms with Gasteiger partial charge in [-0.25, -0.2) is 9.97 Å². The largest absolute Gasteiger partial charge is 0.494 e. The fourth-order valence-corrected chi connectivity index (χ4v) is 8.13. The van der Waals surface area contributed by atoms with Gasteiger partial charge in [0.2, 0.25) is 0 Å². The zero-order valence-corrected chi connectivity index (χ0v) is 26.5. The molecule has 4 aromatic heterocycles. The van der Waals surface area contributed by atoms with Gasteiger partial charge in [0.05, 0.1) is 18.3 Å². The van der Waals surface area contributed by atoms with Gasteiger partial charge >= 0.3 is 0 Å². The second-order valence-electron chi connectivity index (χ2n) is 13.8. The SMILES string of the molecule is COc1cc(C(=O)N2C[C@H]3CC[C@@H]2[C@@H]3N)cc2nc(-c3cc4cccnc4n3CC3CC3)n(CC3CN(C(=O)c4ccncc4)C3)c12. The fourth-order valence-electron chi connectivity index (χ4n) is 8.13. The van der Waals surface area contributed by atoms with Gasteiger partial charge in [-0.15, -0.1) is 0 Å². The van der Waals surface area contributed by atoms with Crippen LogP contribution in [0.25, 0.3) is 33.6 Å². The van der Waals surface area contributed by atoms with Crippen molar-refractivity contribution in [2.24, 2.45) is 23.5 Å². The number of likely N-dealkylation sites (tertiary alicyclic amines) is 2. The van der Waals surface area contributed by atoms with Gasteiger partial charge in [-0.3, -0.25) is 14.6 Å². The van der Waals surface area contributed by atoms with Crippen molar-refractivity contribution >= 4 is 33.9 Å². The number of piperidine rings is 1. The van der Waals surface area contributed by atoms with Gasteiger partial charge in [-0.05, 0) is 80.0 Å². The lowest BCUT2D eigenvalue weighted by Crippen LogP contribution is -2.51. The molecular formula is C36H38N8O3. The Hall–Kier alpha value is -4.77. The Morgan fingerprint density at radius 3 is 2.43 bits per heavy atom. The van der Waals surface area contributed by atoms with Crippen LogP contribution >= 0.6 is 0 Å². The second kappa shape index (κ2) is 10.9. The molecule has 2 aliphatic carbocycles. The first kappa shape index (κ1) is 28.5. The zero-order valence-electron chi connectivity index (χ0n) is 26.5. The lowest BCUT2D eigenvalue weighted by atomic mass is 9.98. The van der Waals surface area contributed by atoms with Crippen molar-refractivity contribution < 1.29 is 14.3 Å². The predicted molar refractivity (Wildman–Crippen MR) is 177 cm³/mol. The van der Waals surface area contributed by atoms with Crippen molar-refractivity contribution in [3.63, 3.8) is 0 Å². The topological polar surface area (TPSA) is 124 Å². The van der Waals surface area contributed by atoms with Gasteiger partial charge in [0, 0.05) is 85.8 Å². The standard InChI is InChI=1S/C36H38N8O3/c1-47-30-15-26(36(46)43-20-25-6-7-28(43)31(25)37)13-27-32(30)44(19-22-16-41(17-22)35(45)23-8-11-38-12-9-23)34(40-27)29-14-24-3-2-10-39-33(24)42(29)18-21-4-5-21/h2-3,8-15,21-22,25,28,31H,4-7,16-20,37H2,1H3/t25-,28-,31-/m1/s1. The van der Waals surface area contributed by atoms with E-state index in [-0.39, 0.29) is 29.8 Å². The van der Waals surface area contributed by atoms with E-state index in [1.165, 1.54) is 12.8 Å². The van der Waals surface area contributed by atoms with Crippen molar-refractivity contribution in [2.45, 2.75) is 50.9 Å². The number of carbonyl (C=O) groups is 2. The molecule has 9 rings (SSSR count). The molecule has 2 saturated carbocycles. The van der Waals surface area contributed by atoms with E-state index >= 15 is 0 Å². The smallest absolute Gasteiger partial charge is 0.254 e. The molecule has 4 aliphatic rings. The van der Waals surface area contributed by atoms with E-state index in [2.05, 4.69) is 26.3 Å². The highest BCUT2D eigenvalue weighted by Crippen LogP contribution is 2.41. The molecule has 3 atom stereocenters. The Kier molecular flexibility index (Phi) is 6.60. The van der Waals surface area contributed by atoms with Crippen molar-refractivity contribution in [1.82, 2.24) is 33.9 Å². The summed E-state index contributed by atoms with van der Waals surface area (Å²) in [5.41, 5.74) is 11.2. The summed E-state index contributed by atoms with van der Waals surface area (Å²) in [5.74, 6) is 2.67. The average Bonchev–Trinajstić information content (AvgIpc) is 3.44. The average molecular weight is 631 g/mol. The molecule has 2 aliphatic heterocycles. The number of benzene rings is 1. The molecule has 0 spiro atoms. The van der Waals surface area contributed by atoms with Crippen LogP contribution in [0.4, 0.5) is 0 Å². The lowest BCUT2D eigenvalue weighted by molar-refractivity contribution is 0.0471. The Labute approximate surface area is 272 Å². The zero-order chi connectivity index (χ0) is 31.8. The molecule has 240 valence electrons. The van der Waals surface area contributed by atoms with E-state index in [1.54, 1.807) is 31.6 Å². The maximum Gasteiger partial charge on any atom is 0.254 e. The number of methoxy groups -OCH3 is 1. The maximum absolute atomic E-state index is 13.9. The summed E-state index contributed by atoms with van der Waals surface area (Å²) in [5, 5.41) is 1.07. The summed E-state index contributed by atoms with van der Waals surface area (Å²) in [6.45, 7) is 3.52. The first-order valence-electron chi connectivity index (χ1n) is 16.8. The highest BCUT2D eigenvalue weighted by molar-refractivity contribution is 6.00. The predicted octanol–water partition coefficient (Wildman–Crippen LogP) is 4.20. The van der Waals surface area contributed by atoms with Crippen LogP contribution in [0.2, 0.25) is 0 Å². The first-order valence-corrected chi connectivity index (χ1v) is 16.8. The van der Waals surface area contributed by atoms with Gasteiger partial charge in [0.1, 0.15) is 16.9 Å². The Bertz CT molecular complexity index is 2030. The van der Waals surface area contributed by atoms with Gasteiger partial charge in [0.15, 0.2) is 5.82 Å². The number of pyridine rings is 2. The molecule has 0 radical (unpaired) electrons. The summed E-state index contributed by atoms with van der Waals surface area (Å²) in [6.07, 6.45) is 9.62.